The van der Waals surface area contributed by atoms with Crippen LogP contribution in [-0.2, 0) is 6.54 Å². The van der Waals surface area contributed by atoms with Gasteiger partial charge in [-0.15, -0.1) is 0 Å². The van der Waals surface area contributed by atoms with Crippen LogP contribution in [0.3, 0.4) is 0 Å². The van der Waals surface area contributed by atoms with Crippen LogP contribution >= 0.6 is 0 Å². The lowest BCUT2D eigenvalue weighted by Crippen LogP contribution is -2.56. The molecule has 0 saturated heterocycles. The molecule has 1 aromatic carbocycles. The van der Waals surface area contributed by atoms with E-state index in [4.69, 9.17) is 5.73 Å². The number of nitrogens with two attached hydrogens (primary N) is 1. The fourth-order valence-electron chi connectivity index (χ4n) is 3.46. The van der Waals surface area contributed by atoms with Gasteiger partial charge in [-0.25, -0.2) is 0 Å². The van der Waals surface area contributed by atoms with E-state index >= 15 is 0 Å². The number of benzene rings is 1. The third-order valence-corrected chi connectivity index (χ3v) is 5.18. The average Bonchev–Trinajstić information content (AvgIpc) is 2.47. The summed E-state index contributed by atoms with van der Waals surface area (Å²) in [6, 6.07) is 10.8. The Bertz CT molecular complexity index is 401. The maximum Gasteiger partial charge on any atom is 0.0335 e. The van der Waals surface area contributed by atoms with Crippen LogP contribution < -0.4 is 5.73 Å². The second-order valence-corrected chi connectivity index (χ2v) is 7.09. The highest BCUT2D eigenvalue weighted by Crippen LogP contribution is 2.42. The number of hydrogen-bond donors (Lipinski definition) is 1. The van der Waals surface area contributed by atoms with Gasteiger partial charge in [0.2, 0.25) is 0 Å². The van der Waals surface area contributed by atoms with Crippen LogP contribution in [0.5, 0.6) is 0 Å². The van der Waals surface area contributed by atoms with Crippen molar-refractivity contribution in [1.82, 2.24) is 4.90 Å². The Morgan fingerprint density at radius 1 is 1.05 bits per heavy atom. The monoisotopic (exact) mass is 274 g/mol. The largest absolute Gasteiger partial charge is 0.329 e. The van der Waals surface area contributed by atoms with Gasteiger partial charge in [-0.05, 0) is 43.2 Å². The van der Waals surface area contributed by atoms with Crippen LogP contribution in [0.25, 0.3) is 0 Å². The quantitative estimate of drug-likeness (QED) is 0.884. The van der Waals surface area contributed by atoms with Crippen molar-refractivity contribution >= 4 is 0 Å². The first-order valence-corrected chi connectivity index (χ1v) is 8.00. The summed E-state index contributed by atoms with van der Waals surface area (Å²) in [6.45, 7) is 9.92. The maximum atomic E-state index is 6.22. The van der Waals surface area contributed by atoms with Crippen LogP contribution in [0.2, 0.25) is 0 Å². The molecule has 0 atom stereocenters. The van der Waals surface area contributed by atoms with Crippen LogP contribution in [-0.4, -0.2) is 23.5 Å². The van der Waals surface area contributed by atoms with Gasteiger partial charge in [0.25, 0.3) is 0 Å². The molecule has 1 fully saturated rings. The molecule has 2 rings (SSSR count). The van der Waals surface area contributed by atoms with E-state index < -0.39 is 0 Å². The minimum Gasteiger partial charge on any atom is -0.329 e. The zero-order valence-corrected chi connectivity index (χ0v) is 13.4. The van der Waals surface area contributed by atoms with E-state index in [9.17, 15) is 0 Å². The zero-order chi connectivity index (χ0) is 14.6. The summed E-state index contributed by atoms with van der Waals surface area (Å²) in [5.74, 6) is 0. The Labute approximate surface area is 124 Å². The zero-order valence-electron chi connectivity index (χ0n) is 13.4. The molecule has 0 amide bonds. The van der Waals surface area contributed by atoms with Gasteiger partial charge in [0.05, 0.1) is 0 Å². The van der Waals surface area contributed by atoms with E-state index in [1.807, 2.05) is 0 Å². The van der Waals surface area contributed by atoms with Crippen molar-refractivity contribution in [2.45, 2.75) is 58.5 Å². The lowest BCUT2D eigenvalue weighted by Gasteiger charge is -2.49. The lowest BCUT2D eigenvalue weighted by molar-refractivity contribution is 0.0207. The van der Waals surface area contributed by atoms with Gasteiger partial charge in [-0.3, -0.25) is 4.90 Å². The van der Waals surface area contributed by atoms with E-state index in [2.05, 4.69) is 56.0 Å². The summed E-state index contributed by atoms with van der Waals surface area (Å²) < 4.78 is 0. The molecule has 0 aliphatic heterocycles. The van der Waals surface area contributed by atoms with Crippen LogP contribution in [0.4, 0.5) is 0 Å². The van der Waals surface area contributed by atoms with Crippen molar-refractivity contribution in [3.05, 3.63) is 35.9 Å². The molecule has 1 saturated carbocycles. The van der Waals surface area contributed by atoms with Crippen molar-refractivity contribution in [3.63, 3.8) is 0 Å². The molecule has 0 heterocycles. The maximum absolute atomic E-state index is 6.22. The molecule has 0 spiro atoms. The van der Waals surface area contributed by atoms with Crippen molar-refractivity contribution in [1.29, 1.82) is 0 Å². The van der Waals surface area contributed by atoms with E-state index in [0.29, 0.717) is 5.41 Å². The van der Waals surface area contributed by atoms with E-state index in [-0.39, 0.29) is 5.54 Å². The Kier molecular flexibility index (Phi) is 4.87. The van der Waals surface area contributed by atoms with Crippen molar-refractivity contribution < 1.29 is 0 Å². The van der Waals surface area contributed by atoms with E-state index in [0.717, 1.165) is 19.6 Å². The predicted molar refractivity (Wildman–Crippen MR) is 86.6 cm³/mol. The van der Waals surface area contributed by atoms with E-state index in [1.54, 1.807) is 0 Å². The second-order valence-electron chi connectivity index (χ2n) is 7.09. The molecule has 2 N–H and O–H groups in total. The first-order chi connectivity index (χ1) is 9.51. The molecule has 20 heavy (non-hydrogen) atoms. The summed E-state index contributed by atoms with van der Waals surface area (Å²) in [5, 5.41) is 0. The molecule has 1 aromatic rings. The van der Waals surface area contributed by atoms with Crippen molar-refractivity contribution in [2.75, 3.05) is 13.1 Å². The highest BCUT2D eigenvalue weighted by atomic mass is 15.2. The first-order valence-electron chi connectivity index (χ1n) is 8.00. The standard InChI is InChI=1S/C18H30N2/c1-4-20(14-16-8-6-5-7-9-16)18(15-19)12-10-17(2,3)11-13-18/h5-9H,4,10-15,19H2,1-3H3. The first kappa shape index (κ1) is 15.5. The summed E-state index contributed by atoms with van der Waals surface area (Å²) in [7, 11) is 0. The summed E-state index contributed by atoms with van der Waals surface area (Å²) in [5.41, 5.74) is 8.31. The van der Waals surface area contributed by atoms with Crippen LogP contribution in [0.15, 0.2) is 30.3 Å². The smallest absolute Gasteiger partial charge is 0.0335 e. The molecule has 0 bridgehead atoms. The number of rotatable bonds is 5. The number of hydrogen-bond acceptors (Lipinski definition) is 2. The van der Waals surface area contributed by atoms with Gasteiger partial charge < -0.3 is 5.73 Å². The molecule has 2 nitrogen and oxygen atoms in total. The summed E-state index contributed by atoms with van der Waals surface area (Å²) >= 11 is 0. The minimum absolute atomic E-state index is 0.208. The Morgan fingerprint density at radius 2 is 1.65 bits per heavy atom. The lowest BCUT2D eigenvalue weighted by atomic mass is 9.68. The predicted octanol–water partition coefficient (Wildman–Crippen LogP) is 3.81. The number of likely N-dealkylation sites (N-methyl/N-ethyl adjacent to an activating group) is 1. The Morgan fingerprint density at radius 3 is 2.15 bits per heavy atom. The van der Waals surface area contributed by atoms with Gasteiger partial charge in [-0.2, -0.15) is 0 Å². The molecule has 1 aliphatic carbocycles. The average molecular weight is 274 g/mol. The topological polar surface area (TPSA) is 29.3 Å². The molecular weight excluding hydrogens is 244 g/mol. The third kappa shape index (κ3) is 3.42. The molecule has 1 aliphatic rings. The Balaban J connectivity index is 2.12. The fraction of sp³-hybridized carbons (Fsp3) is 0.667. The SMILES string of the molecule is CCN(Cc1ccccc1)C1(CN)CCC(C)(C)CC1. The van der Waals surface area contributed by atoms with Gasteiger partial charge in [0, 0.05) is 18.6 Å². The molecule has 2 heteroatoms. The van der Waals surface area contributed by atoms with Crippen molar-refractivity contribution in [2.24, 2.45) is 11.1 Å². The molecule has 0 radical (unpaired) electrons. The van der Waals surface area contributed by atoms with Gasteiger partial charge in [0.1, 0.15) is 0 Å². The Hall–Kier alpha value is -0.860. The molecule has 112 valence electrons. The fourth-order valence-corrected chi connectivity index (χ4v) is 3.46. The van der Waals surface area contributed by atoms with Gasteiger partial charge >= 0.3 is 0 Å². The minimum atomic E-state index is 0.208. The van der Waals surface area contributed by atoms with Gasteiger partial charge in [-0.1, -0.05) is 51.1 Å². The number of nitrogens with zero attached hydrogens (tertiary/aromatic N) is 1. The molecule has 0 aromatic heterocycles. The third-order valence-electron chi connectivity index (χ3n) is 5.18. The van der Waals surface area contributed by atoms with E-state index in [1.165, 1.54) is 31.2 Å². The normalized spacial score (nSPS) is 21.1. The van der Waals surface area contributed by atoms with Crippen molar-refractivity contribution in [3.8, 4) is 0 Å². The highest BCUT2D eigenvalue weighted by molar-refractivity contribution is 5.15. The van der Waals surface area contributed by atoms with Crippen LogP contribution in [0, 0.1) is 5.41 Å². The summed E-state index contributed by atoms with van der Waals surface area (Å²) in [4.78, 5) is 2.61. The molecular formula is C18H30N2. The summed E-state index contributed by atoms with van der Waals surface area (Å²) in [6.07, 6.45) is 5.04. The molecule has 0 unspecified atom stereocenters. The highest BCUT2D eigenvalue weighted by Gasteiger charge is 2.40. The second kappa shape index (κ2) is 6.28. The van der Waals surface area contributed by atoms with Gasteiger partial charge in [0.15, 0.2) is 0 Å². The van der Waals surface area contributed by atoms with Crippen LogP contribution in [0.1, 0.15) is 52.0 Å².